The molecule has 1 atom stereocenters. The molecule has 0 aromatic heterocycles. The van der Waals surface area contributed by atoms with Gasteiger partial charge >= 0.3 is 11.3 Å². The number of hydrogen-bond donors (Lipinski definition) is 0. The van der Waals surface area contributed by atoms with Gasteiger partial charge in [-0.3, -0.25) is 4.90 Å². The highest BCUT2D eigenvalue weighted by molar-refractivity contribution is 7.99. The quantitative estimate of drug-likeness (QED) is 0.538. The second-order valence-electron chi connectivity index (χ2n) is 4.32. The molecule has 17 heavy (non-hydrogen) atoms. The molecule has 0 aromatic rings. The Kier molecular flexibility index (Phi) is 4.23. The van der Waals surface area contributed by atoms with Crippen LogP contribution in [0.15, 0.2) is 0 Å². The summed E-state index contributed by atoms with van der Waals surface area (Å²) in [4.78, 5) is 1.46. The van der Waals surface area contributed by atoms with Gasteiger partial charge in [-0.1, -0.05) is 0 Å². The maximum absolute atomic E-state index is 13.1. The molecule has 1 heterocycles. The van der Waals surface area contributed by atoms with Gasteiger partial charge in [-0.2, -0.15) is 22.0 Å². The summed E-state index contributed by atoms with van der Waals surface area (Å²) in [5.74, 6) is -4.82. The van der Waals surface area contributed by atoms with E-state index in [1.54, 1.807) is 27.7 Å². The average molecular weight is 293 g/mol. The first-order chi connectivity index (χ1) is 7.48. The van der Waals surface area contributed by atoms with Crippen LogP contribution >= 0.6 is 16.1 Å². The standard InChI is InChI=1S/C9H14F5NP2/c1-5(2)15(6(3)4)7-16-9(13,14)17(7)8(10,11)12/h5-6H,1-4H3. The highest BCUT2D eigenvalue weighted by atomic mass is 31.2. The molecule has 0 aromatic carbocycles. The molecule has 1 unspecified atom stereocenters. The molecule has 1 aliphatic heterocycles. The Morgan fingerprint density at radius 3 is 1.76 bits per heavy atom. The highest BCUT2D eigenvalue weighted by Crippen LogP contribution is 2.77. The molecule has 1 nitrogen and oxygen atoms in total. The first-order valence-electron chi connectivity index (χ1n) is 5.11. The SMILES string of the molecule is CC(C)N(C1=PC(F)(F)P1C(F)(F)F)C(C)C. The fourth-order valence-corrected chi connectivity index (χ4v) is 6.19. The first-order valence-corrected chi connectivity index (χ1v) is 7.35. The maximum Gasteiger partial charge on any atom is 0.417 e. The zero-order chi connectivity index (χ0) is 13.6. The molecule has 0 saturated carbocycles. The van der Waals surface area contributed by atoms with Crippen molar-refractivity contribution in [3.63, 3.8) is 0 Å². The largest absolute Gasteiger partial charge is 0.417 e. The van der Waals surface area contributed by atoms with Crippen LogP contribution in [0.1, 0.15) is 27.7 Å². The highest BCUT2D eigenvalue weighted by Gasteiger charge is 2.65. The van der Waals surface area contributed by atoms with Gasteiger partial charge in [0.25, 0.3) is 0 Å². The fourth-order valence-electron chi connectivity index (χ4n) is 1.79. The van der Waals surface area contributed by atoms with Crippen molar-refractivity contribution in [1.29, 1.82) is 0 Å². The molecule has 0 aliphatic carbocycles. The summed E-state index contributed by atoms with van der Waals surface area (Å²) in [6.07, 6.45) is 0. The molecule has 8 heteroatoms. The van der Waals surface area contributed by atoms with Crippen molar-refractivity contribution in [1.82, 2.24) is 4.90 Å². The smallest absolute Gasteiger partial charge is 0.265 e. The summed E-state index contributed by atoms with van der Waals surface area (Å²) < 4.78 is 64.1. The monoisotopic (exact) mass is 293 g/mol. The summed E-state index contributed by atoms with van der Waals surface area (Å²) in [5.41, 5.74) is 0. The van der Waals surface area contributed by atoms with Crippen molar-refractivity contribution in [3.8, 4) is 0 Å². The number of halogens is 5. The minimum atomic E-state index is -4.82. The Bertz CT molecular complexity index is 316. The number of hydrogen-bond acceptors (Lipinski definition) is 1. The fraction of sp³-hybridized carbons (Fsp3) is 0.889. The topological polar surface area (TPSA) is 3.24 Å². The van der Waals surface area contributed by atoms with Crippen LogP contribution in [0.2, 0.25) is 0 Å². The van der Waals surface area contributed by atoms with Crippen LogP contribution in [0.3, 0.4) is 0 Å². The molecule has 1 aliphatic rings. The third-order valence-corrected chi connectivity index (χ3v) is 6.48. The van der Waals surface area contributed by atoms with Crippen LogP contribution < -0.4 is 0 Å². The van der Waals surface area contributed by atoms with E-state index in [0.717, 1.165) is 0 Å². The van der Waals surface area contributed by atoms with Crippen molar-refractivity contribution < 1.29 is 22.0 Å². The first kappa shape index (κ1) is 15.3. The van der Waals surface area contributed by atoms with Crippen molar-refractivity contribution in [2.24, 2.45) is 0 Å². The predicted octanol–water partition coefficient (Wildman–Crippen LogP) is 4.70. The van der Waals surface area contributed by atoms with Crippen molar-refractivity contribution in [3.05, 3.63) is 0 Å². The van der Waals surface area contributed by atoms with Crippen molar-refractivity contribution in [2.45, 2.75) is 51.1 Å². The van der Waals surface area contributed by atoms with E-state index < -0.39 is 27.4 Å². The lowest BCUT2D eigenvalue weighted by atomic mass is 10.2. The molecule has 0 saturated heterocycles. The molecule has 1 rings (SSSR count). The van der Waals surface area contributed by atoms with E-state index >= 15 is 0 Å². The van der Waals surface area contributed by atoms with Gasteiger partial charge in [-0.15, -0.1) is 0 Å². The molecule has 0 radical (unpaired) electrons. The van der Waals surface area contributed by atoms with Gasteiger partial charge < -0.3 is 0 Å². The molecule has 0 spiro atoms. The third-order valence-electron chi connectivity index (χ3n) is 2.30. The van der Waals surface area contributed by atoms with Crippen LogP contribution in [-0.4, -0.2) is 33.5 Å². The minimum Gasteiger partial charge on any atom is -0.265 e. The normalized spacial score (nSPS) is 25.2. The average Bonchev–Trinajstić information content (AvgIpc) is 1.95. The van der Waals surface area contributed by atoms with Crippen LogP contribution in [0.4, 0.5) is 22.0 Å². The Labute approximate surface area is 99.9 Å². The van der Waals surface area contributed by atoms with Crippen LogP contribution in [0.25, 0.3) is 0 Å². The summed E-state index contributed by atoms with van der Waals surface area (Å²) in [6, 6.07) is -0.415. The Morgan fingerprint density at radius 1 is 1.12 bits per heavy atom. The van der Waals surface area contributed by atoms with E-state index in [-0.39, 0.29) is 17.2 Å². The zero-order valence-electron chi connectivity index (χ0n) is 9.89. The molecule has 0 N–H and O–H groups in total. The van der Waals surface area contributed by atoms with Gasteiger partial charge in [-0.25, -0.2) is 0 Å². The lowest BCUT2D eigenvalue weighted by Crippen LogP contribution is -2.47. The Morgan fingerprint density at radius 2 is 1.53 bits per heavy atom. The second kappa shape index (κ2) is 4.71. The van der Waals surface area contributed by atoms with E-state index in [1.165, 1.54) is 4.90 Å². The van der Waals surface area contributed by atoms with Crippen LogP contribution in [0, 0.1) is 0 Å². The van der Waals surface area contributed by atoms with E-state index in [0.29, 0.717) is 0 Å². The van der Waals surface area contributed by atoms with E-state index in [2.05, 4.69) is 0 Å². The predicted molar refractivity (Wildman–Crippen MR) is 62.0 cm³/mol. The molecule has 100 valence electrons. The number of rotatable bonds is 3. The second-order valence-corrected chi connectivity index (χ2v) is 8.40. The van der Waals surface area contributed by atoms with Gasteiger partial charge in [0.15, 0.2) is 0 Å². The van der Waals surface area contributed by atoms with Gasteiger partial charge in [0.2, 0.25) is 0 Å². The summed E-state index contributed by atoms with van der Waals surface area (Å²) in [7, 11) is -3.84. The van der Waals surface area contributed by atoms with Gasteiger partial charge in [0.05, 0.1) is 5.16 Å². The molecule has 0 bridgehead atoms. The van der Waals surface area contributed by atoms with Crippen LogP contribution in [-0.2, 0) is 0 Å². The van der Waals surface area contributed by atoms with Gasteiger partial charge in [-0.05, 0) is 27.7 Å². The van der Waals surface area contributed by atoms with E-state index in [9.17, 15) is 22.0 Å². The van der Waals surface area contributed by atoms with Crippen molar-refractivity contribution in [2.75, 3.05) is 0 Å². The number of alkyl halides is 5. The van der Waals surface area contributed by atoms with Gasteiger partial charge in [0, 0.05) is 20.3 Å². The minimum absolute atomic E-state index is 0.150. The summed E-state index contributed by atoms with van der Waals surface area (Å²) in [5, 5.41) is -3.77. The zero-order valence-corrected chi connectivity index (χ0v) is 11.7. The Balaban J connectivity index is 3.07. The lowest BCUT2D eigenvalue weighted by molar-refractivity contribution is -0.0452. The lowest BCUT2D eigenvalue weighted by Gasteiger charge is -2.44. The van der Waals surface area contributed by atoms with Crippen molar-refractivity contribution >= 4 is 21.3 Å². The molecule has 0 amide bonds. The summed E-state index contributed by atoms with van der Waals surface area (Å²) in [6.45, 7) is 6.84. The van der Waals surface area contributed by atoms with Gasteiger partial charge in [0.1, 0.15) is 7.92 Å². The third kappa shape index (κ3) is 2.97. The molecule has 0 fully saturated rings. The van der Waals surface area contributed by atoms with Crippen LogP contribution in [0.5, 0.6) is 0 Å². The molecular formula is C9H14F5NP2. The Hall–Kier alpha value is 0.210. The maximum atomic E-state index is 13.1. The van der Waals surface area contributed by atoms with E-state index in [1.807, 2.05) is 0 Å². The molecular weight excluding hydrogens is 279 g/mol. The van der Waals surface area contributed by atoms with E-state index in [4.69, 9.17) is 0 Å². The number of nitrogens with zero attached hydrogens (tertiary/aromatic N) is 1. The summed E-state index contributed by atoms with van der Waals surface area (Å²) >= 11 is 0.